The fraction of sp³-hybridized carbons (Fsp3) is 0.600. The van der Waals surface area contributed by atoms with E-state index in [4.69, 9.17) is 15.2 Å². The van der Waals surface area contributed by atoms with E-state index >= 15 is 0 Å². The van der Waals surface area contributed by atoms with E-state index in [1.165, 1.54) is 7.11 Å². The molecule has 2 atom stereocenters. The molecule has 0 aliphatic heterocycles. The van der Waals surface area contributed by atoms with Gasteiger partial charge in [-0.25, -0.2) is 8.42 Å². The van der Waals surface area contributed by atoms with Crippen molar-refractivity contribution in [2.75, 3.05) is 20.0 Å². The molecule has 0 saturated heterocycles. The van der Waals surface area contributed by atoms with E-state index in [9.17, 15) is 8.42 Å². The molecule has 0 amide bonds. The van der Waals surface area contributed by atoms with Gasteiger partial charge in [0.1, 0.15) is 11.5 Å². The molecule has 21 heavy (non-hydrogen) atoms. The SMILES string of the molecule is COc1ccc(OC)c(C(N)CS(=O)(=O)C(C)C(C)C)c1. The van der Waals surface area contributed by atoms with Crippen LogP contribution in [0, 0.1) is 5.92 Å². The van der Waals surface area contributed by atoms with Crippen LogP contribution in [-0.2, 0) is 9.84 Å². The predicted octanol–water partition coefficient (Wildman–Crippen LogP) is 2.16. The van der Waals surface area contributed by atoms with Crippen LogP contribution in [0.1, 0.15) is 32.4 Å². The normalized spacial score (nSPS) is 14.8. The molecule has 0 saturated carbocycles. The topological polar surface area (TPSA) is 78.6 Å². The largest absolute Gasteiger partial charge is 0.497 e. The predicted molar refractivity (Wildman–Crippen MR) is 84.6 cm³/mol. The second-order valence-corrected chi connectivity index (χ2v) is 7.90. The second-order valence-electron chi connectivity index (χ2n) is 5.49. The summed E-state index contributed by atoms with van der Waals surface area (Å²) in [4.78, 5) is 0. The summed E-state index contributed by atoms with van der Waals surface area (Å²) in [5, 5.41) is -0.430. The first kappa shape index (κ1) is 17.8. The van der Waals surface area contributed by atoms with Gasteiger partial charge in [-0.2, -0.15) is 0 Å². The van der Waals surface area contributed by atoms with Crippen LogP contribution in [0.15, 0.2) is 18.2 Å². The van der Waals surface area contributed by atoms with Gasteiger partial charge in [0.2, 0.25) is 0 Å². The van der Waals surface area contributed by atoms with Crippen molar-refractivity contribution in [2.45, 2.75) is 32.1 Å². The molecule has 1 aromatic rings. The summed E-state index contributed by atoms with van der Waals surface area (Å²) in [6.45, 7) is 5.50. The lowest BCUT2D eigenvalue weighted by atomic mass is 10.1. The minimum atomic E-state index is -3.27. The van der Waals surface area contributed by atoms with Gasteiger partial charge in [0.05, 0.1) is 25.2 Å². The highest BCUT2D eigenvalue weighted by atomic mass is 32.2. The lowest BCUT2D eigenvalue weighted by molar-refractivity contribution is 0.396. The zero-order chi connectivity index (χ0) is 16.2. The lowest BCUT2D eigenvalue weighted by Gasteiger charge is -2.21. The molecule has 0 bridgehead atoms. The number of hydrogen-bond acceptors (Lipinski definition) is 5. The number of benzene rings is 1. The average molecular weight is 315 g/mol. The molecule has 1 rings (SSSR count). The fourth-order valence-corrected chi connectivity index (χ4v) is 3.85. The van der Waals surface area contributed by atoms with Crippen molar-refractivity contribution in [1.82, 2.24) is 0 Å². The van der Waals surface area contributed by atoms with Crippen LogP contribution in [-0.4, -0.2) is 33.6 Å². The van der Waals surface area contributed by atoms with E-state index in [-0.39, 0.29) is 11.7 Å². The average Bonchev–Trinajstić information content (AvgIpc) is 2.44. The molecular formula is C15H25NO4S. The van der Waals surface area contributed by atoms with E-state index in [1.807, 2.05) is 13.8 Å². The Balaban J connectivity index is 3.06. The third kappa shape index (κ3) is 4.35. The standard InChI is InChI=1S/C15H25NO4S/c1-10(2)11(3)21(17,18)9-14(16)13-8-12(19-4)6-7-15(13)20-5/h6-8,10-11,14H,9,16H2,1-5H3. The first-order valence-corrected chi connectivity index (χ1v) is 8.63. The third-order valence-corrected chi connectivity index (χ3v) is 6.25. The Labute approximate surface area is 127 Å². The molecule has 0 heterocycles. The van der Waals surface area contributed by atoms with Gasteiger partial charge in [0.15, 0.2) is 9.84 Å². The highest BCUT2D eigenvalue weighted by Gasteiger charge is 2.28. The molecular weight excluding hydrogens is 290 g/mol. The maximum absolute atomic E-state index is 12.4. The van der Waals surface area contributed by atoms with Crippen molar-refractivity contribution in [2.24, 2.45) is 11.7 Å². The summed E-state index contributed by atoms with van der Waals surface area (Å²) in [5.74, 6) is 1.12. The van der Waals surface area contributed by atoms with Gasteiger partial charge >= 0.3 is 0 Å². The molecule has 0 fully saturated rings. The van der Waals surface area contributed by atoms with Crippen molar-refractivity contribution in [3.8, 4) is 11.5 Å². The molecule has 1 aromatic carbocycles. The van der Waals surface area contributed by atoms with Crippen LogP contribution in [0.2, 0.25) is 0 Å². The maximum Gasteiger partial charge on any atom is 0.155 e. The Bertz CT molecular complexity index is 569. The van der Waals surface area contributed by atoms with Gasteiger partial charge in [-0.05, 0) is 31.0 Å². The number of hydrogen-bond donors (Lipinski definition) is 1. The van der Waals surface area contributed by atoms with Crippen LogP contribution in [0.25, 0.3) is 0 Å². The van der Waals surface area contributed by atoms with Crippen LogP contribution in [0.4, 0.5) is 0 Å². The van der Waals surface area contributed by atoms with Crippen LogP contribution < -0.4 is 15.2 Å². The van der Waals surface area contributed by atoms with E-state index in [1.54, 1.807) is 32.2 Å². The van der Waals surface area contributed by atoms with Crippen LogP contribution >= 0.6 is 0 Å². The maximum atomic E-state index is 12.4. The number of methoxy groups -OCH3 is 2. The quantitative estimate of drug-likeness (QED) is 0.834. The van der Waals surface area contributed by atoms with Gasteiger partial charge in [-0.3, -0.25) is 0 Å². The van der Waals surface area contributed by atoms with Crippen molar-refractivity contribution >= 4 is 9.84 Å². The molecule has 0 aliphatic rings. The van der Waals surface area contributed by atoms with Crippen molar-refractivity contribution in [3.63, 3.8) is 0 Å². The monoisotopic (exact) mass is 315 g/mol. The lowest BCUT2D eigenvalue weighted by Crippen LogP contribution is -2.31. The van der Waals surface area contributed by atoms with Crippen LogP contribution in [0.5, 0.6) is 11.5 Å². The van der Waals surface area contributed by atoms with E-state index in [0.29, 0.717) is 17.1 Å². The number of rotatable bonds is 7. The smallest absolute Gasteiger partial charge is 0.155 e. The first-order chi connectivity index (χ1) is 9.72. The summed E-state index contributed by atoms with van der Waals surface area (Å²) < 4.78 is 35.1. The Hall–Kier alpha value is -1.27. The number of ether oxygens (including phenoxy) is 2. The summed E-state index contributed by atoms with van der Waals surface area (Å²) in [6, 6.07) is 4.55. The summed E-state index contributed by atoms with van der Waals surface area (Å²) in [6.07, 6.45) is 0. The minimum absolute atomic E-state index is 0.0504. The molecule has 2 N–H and O–H groups in total. The van der Waals surface area contributed by atoms with Crippen molar-refractivity contribution < 1.29 is 17.9 Å². The summed E-state index contributed by atoms with van der Waals surface area (Å²) in [5.41, 5.74) is 6.74. The highest BCUT2D eigenvalue weighted by Crippen LogP contribution is 2.30. The Kier molecular flexibility index (Phi) is 6.04. The molecule has 0 aliphatic carbocycles. The fourth-order valence-electron chi connectivity index (χ4n) is 2.04. The first-order valence-electron chi connectivity index (χ1n) is 6.92. The second kappa shape index (κ2) is 7.13. The molecule has 0 radical (unpaired) electrons. The van der Waals surface area contributed by atoms with Gasteiger partial charge in [0, 0.05) is 11.6 Å². The van der Waals surface area contributed by atoms with Gasteiger partial charge in [0.25, 0.3) is 0 Å². The third-order valence-electron chi connectivity index (χ3n) is 3.75. The van der Waals surface area contributed by atoms with E-state index < -0.39 is 21.1 Å². The molecule has 2 unspecified atom stereocenters. The highest BCUT2D eigenvalue weighted by molar-refractivity contribution is 7.92. The van der Waals surface area contributed by atoms with E-state index in [2.05, 4.69) is 0 Å². The van der Waals surface area contributed by atoms with Crippen molar-refractivity contribution in [3.05, 3.63) is 23.8 Å². The zero-order valence-electron chi connectivity index (χ0n) is 13.3. The van der Waals surface area contributed by atoms with Crippen LogP contribution in [0.3, 0.4) is 0 Å². The Morgan fingerprint density at radius 3 is 2.24 bits per heavy atom. The molecule has 0 aromatic heterocycles. The number of nitrogens with two attached hydrogens (primary N) is 1. The molecule has 6 heteroatoms. The van der Waals surface area contributed by atoms with Crippen molar-refractivity contribution in [1.29, 1.82) is 0 Å². The zero-order valence-corrected chi connectivity index (χ0v) is 14.1. The van der Waals surface area contributed by atoms with Gasteiger partial charge in [-0.1, -0.05) is 13.8 Å². The van der Waals surface area contributed by atoms with Gasteiger partial charge < -0.3 is 15.2 Å². The summed E-state index contributed by atoms with van der Waals surface area (Å²) in [7, 11) is -0.192. The molecule has 0 spiro atoms. The molecule has 5 nitrogen and oxygen atoms in total. The Morgan fingerprint density at radius 1 is 1.14 bits per heavy atom. The summed E-state index contributed by atoms with van der Waals surface area (Å²) >= 11 is 0. The van der Waals surface area contributed by atoms with Gasteiger partial charge in [-0.15, -0.1) is 0 Å². The Morgan fingerprint density at radius 2 is 1.76 bits per heavy atom. The number of sulfone groups is 1. The minimum Gasteiger partial charge on any atom is -0.497 e. The molecule has 120 valence electrons. The van der Waals surface area contributed by atoms with E-state index in [0.717, 1.165) is 0 Å².